The van der Waals surface area contributed by atoms with Crippen LogP contribution in [0, 0.1) is 6.92 Å². The third-order valence-electron chi connectivity index (χ3n) is 3.80. The van der Waals surface area contributed by atoms with Crippen LogP contribution in [0.25, 0.3) is 0 Å². The van der Waals surface area contributed by atoms with E-state index in [1.807, 2.05) is 50.2 Å². The number of hydrogen-bond acceptors (Lipinski definition) is 4. The highest BCUT2D eigenvalue weighted by molar-refractivity contribution is 5.95. The predicted octanol–water partition coefficient (Wildman–Crippen LogP) is 3.79. The van der Waals surface area contributed by atoms with Crippen molar-refractivity contribution < 1.29 is 14.3 Å². The quantitative estimate of drug-likeness (QED) is 0.673. The van der Waals surface area contributed by atoms with E-state index in [9.17, 15) is 9.59 Å². The maximum absolute atomic E-state index is 12.2. The van der Waals surface area contributed by atoms with E-state index in [2.05, 4.69) is 16.0 Å². The van der Waals surface area contributed by atoms with Crippen LogP contribution in [0.15, 0.2) is 42.5 Å². The number of carbonyl (C=O) groups is 2. The minimum atomic E-state index is -0.166. The average molecular weight is 355 g/mol. The fourth-order valence-corrected chi connectivity index (χ4v) is 2.41. The standard InChI is InChI=1S/C20H25N3O3/c1-4-19(24)23-18-11-7-10-17(14(18)3)21-13-20(25)22-15-8-6-9-16(12-15)26-5-2/h6-12,21H,4-5,13H2,1-3H3,(H,22,25)(H,23,24). The lowest BCUT2D eigenvalue weighted by Gasteiger charge is -2.14. The largest absolute Gasteiger partial charge is 0.494 e. The zero-order valence-corrected chi connectivity index (χ0v) is 15.4. The van der Waals surface area contributed by atoms with Gasteiger partial charge < -0.3 is 20.7 Å². The van der Waals surface area contributed by atoms with Crippen LogP contribution < -0.4 is 20.7 Å². The molecule has 0 radical (unpaired) electrons. The van der Waals surface area contributed by atoms with Crippen LogP contribution in [0.5, 0.6) is 5.75 Å². The molecule has 2 aromatic carbocycles. The van der Waals surface area contributed by atoms with Gasteiger partial charge in [0, 0.05) is 29.5 Å². The first-order chi connectivity index (χ1) is 12.5. The number of nitrogens with one attached hydrogen (secondary N) is 3. The van der Waals surface area contributed by atoms with E-state index in [0.29, 0.717) is 24.5 Å². The smallest absolute Gasteiger partial charge is 0.243 e. The SMILES string of the molecule is CCOc1cccc(NC(=O)CNc2cccc(NC(=O)CC)c2C)c1. The number of carbonyl (C=O) groups excluding carboxylic acids is 2. The molecule has 0 unspecified atom stereocenters. The lowest BCUT2D eigenvalue weighted by atomic mass is 10.1. The Hall–Kier alpha value is -3.02. The van der Waals surface area contributed by atoms with E-state index in [-0.39, 0.29) is 18.4 Å². The molecule has 6 nitrogen and oxygen atoms in total. The van der Waals surface area contributed by atoms with Crippen LogP contribution in [-0.4, -0.2) is 25.0 Å². The molecule has 0 heterocycles. The molecular formula is C20H25N3O3. The molecule has 2 rings (SSSR count). The molecule has 0 saturated carbocycles. The summed E-state index contributed by atoms with van der Waals surface area (Å²) in [6, 6.07) is 12.8. The van der Waals surface area contributed by atoms with Crippen LogP contribution in [0.1, 0.15) is 25.8 Å². The van der Waals surface area contributed by atoms with Crippen molar-refractivity contribution in [2.75, 3.05) is 29.1 Å². The number of rotatable bonds is 8. The minimum absolute atomic E-state index is 0.0443. The van der Waals surface area contributed by atoms with Crippen molar-refractivity contribution in [3.63, 3.8) is 0 Å². The zero-order chi connectivity index (χ0) is 18.9. The highest BCUT2D eigenvalue weighted by Crippen LogP contribution is 2.23. The number of benzene rings is 2. The molecule has 0 aromatic heterocycles. The van der Waals surface area contributed by atoms with Gasteiger partial charge in [0.1, 0.15) is 5.75 Å². The van der Waals surface area contributed by atoms with Crippen LogP contribution >= 0.6 is 0 Å². The normalized spacial score (nSPS) is 10.1. The third kappa shape index (κ3) is 5.51. The molecule has 0 aliphatic heterocycles. The van der Waals surface area contributed by atoms with Crippen molar-refractivity contribution in [2.24, 2.45) is 0 Å². The molecule has 2 amide bonds. The molecule has 26 heavy (non-hydrogen) atoms. The molecule has 3 N–H and O–H groups in total. The second kappa shape index (κ2) is 9.46. The van der Waals surface area contributed by atoms with Gasteiger partial charge in [-0.2, -0.15) is 0 Å². The second-order valence-corrected chi connectivity index (χ2v) is 5.74. The summed E-state index contributed by atoms with van der Waals surface area (Å²) in [6.45, 7) is 6.30. The van der Waals surface area contributed by atoms with Crippen molar-refractivity contribution in [1.82, 2.24) is 0 Å². The number of hydrogen-bond donors (Lipinski definition) is 3. The molecule has 0 bridgehead atoms. The van der Waals surface area contributed by atoms with Crippen molar-refractivity contribution in [3.8, 4) is 5.75 Å². The van der Waals surface area contributed by atoms with Crippen molar-refractivity contribution in [2.45, 2.75) is 27.2 Å². The molecule has 0 saturated heterocycles. The summed E-state index contributed by atoms with van der Waals surface area (Å²) in [4.78, 5) is 23.8. The Bertz CT molecular complexity index is 775. The van der Waals surface area contributed by atoms with Crippen molar-refractivity contribution in [1.29, 1.82) is 0 Å². The predicted molar refractivity (Wildman–Crippen MR) is 105 cm³/mol. The van der Waals surface area contributed by atoms with Crippen LogP contribution in [0.3, 0.4) is 0 Å². The monoisotopic (exact) mass is 355 g/mol. The number of ether oxygens (including phenoxy) is 1. The Morgan fingerprint density at radius 1 is 0.962 bits per heavy atom. The Balaban J connectivity index is 1.96. The summed E-state index contributed by atoms with van der Waals surface area (Å²) in [5, 5.41) is 8.80. The Kier molecular flexibility index (Phi) is 7.02. The van der Waals surface area contributed by atoms with Crippen LogP contribution in [0.4, 0.5) is 17.1 Å². The summed E-state index contributed by atoms with van der Waals surface area (Å²) in [6.07, 6.45) is 0.417. The molecule has 0 spiro atoms. The second-order valence-electron chi connectivity index (χ2n) is 5.74. The molecule has 2 aromatic rings. The van der Waals surface area contributed by atoms with Gasteiger partial charge in [0.15, 0.2) is 0 Å². The van der Waals surface area contributed by atoms with E-state index in [1.54, 1.807) is 13.0 Å². The van der Waals surface area contributed by atoms with Gasteiger partial charge in [0.25, 0.3) is 0 Å². The van der Waals surface area contributed by atoms with Gasteiger partial charge in [-0.05, 0) is 43.7 Å². The first-order valence-electron chi connectivity index (χ1n) is 8.69. The van der Waals surface area contributed by atoms with Gasteiger partial charge in [-0.3, -0.25) is 9.59 Å². The topological polar surface area (TPSA) is 79.5 Å². The maximum atomic E-state index is 12.2. The summed E-state index contributed by atoms with van der Waals surface area (Å²) < 4.78 is 5.43. The van der Waals surface area contributed by atoms with E-state index in [1.165, 1.54) is 0 Å². The first kappa shape index (κ1) is 19.3. The lowest BCUT2D eigenvalue weighted by Crippen LogP contribution is -2.22. The highest BCUT2D eigenvalue weighted by atomic mass is 16.5. The number of amides is 2. The summed E-state index contributed by atoms with van der Waals surface area (Å²) in [5.41, 5.74) is 3.12. The lowest BCUT2D eigenvalue weighted by molar-refractivity contribution is -0.116. The van der Waals surface area contributed by atoms with E-state index in [4.69, 9.17) is 4.74 Å². The maximum Gasteiger partial charge on any atom is 0.243 e. The molecule has 0 aliphatic carbocycles. The molecule has 138 valence electrons. The van der Waals surface area contributed by atoms with Gasteiger partial charge in [-0.25, -0.2) is 0 Å². The van der Waals surface area contributed by atoms with Crippen LogP contribution in [-0.2, 0) is 9.59 Å². The summed E-state index contributed by atoms with van der Waals surface area (Å²) >= 11 is 0. The van der Waals surface area contributed by atoms with Crippen molar-refractivity contribution in [3.05, 3.63) is 48.0 Å². The van der Waals surface area contributed by atoms with Crippen molar-refractivity contribution >= 4 is 28.9 Å². The fourth-order valence-electron chi connectivity index (χ4n) is 2.41. The van der Waals surface area contributed by atoms with Gasteiger partial charge in [-0.1, -0.05) is 19.1 Å². The van der Waals surface area contributed by atoms with E-state index >= 15 is 0 Å². The van der Waals surface area contributed by atoms with E-state index in [0.717, 1.165) is 16.9 Å². The van der Waals surface area contributed by atoms with Crippen LogP contribution in [0.2, 0.25) is 0 Å². The fraction of sp³-hybridized carbons (Fsp3) is 0.300. The molecular weight excluding hydrogens is 330 g/mol. The third-order valence-corrected chi connectivity index (χ3v) is 3.80. The zero-order valence-electron chi connectivity index (χ0n) is 15.4. The minimum Gasteiger partial charge on any atom is -0.494 e. The summed E-state index contributed by atoms with van der Waals surface area (Å²) in [7, 11) is 0. The Morgan fingerprint density at radius 2 is 1.69 bits per heavy atom. The first-order valence-corrected chi connectivity index (χ1v) is 8.69. The molecule has 0 aliphatic rings. The Labute approximate surface area is 153 Å². The van der Waals surface area contributed by atoms with Gasteiger partial charge in [-0.15, -0.1) is 0 Å². The average Bonchev–Trinajstić information content (AvgIpc) is 2.63. The molecule has 0 fully saturated rings. The van der Waals surface area contributed by atoms with E-state index < -0.39 is 0 Å². The van der Waals surface area contributed by atoms with Gasteiger partial charge >= 0.3 is 0 Å². The molecule has 0 atom stereocenters. The number of anilines is 3. The summed E-state index contributed by atoms with van der Waals surface area (Å²) in [5.74, 6) is 0.506. The highest BCUT2D eigenvalue weighted by Gasteiger charge is 2.08. The van der Waals surface area contributed by atoms with Gasteiger partial charge in [0.2, 0.25) is 11.8 Å². The Morgan fingerprint density at radius 3 is 2.42 bits per heavy atom. The molecule has 6 heteroatoms. The van der Waals surface area contributed by atoms with Gasteiger partial charge in [0.05, 0.1) is 13.2 Å².